The van der Waals surface area contributed by atoms with Crippen LogP contribution in [-0.4, -0.2) is 81.0 Å². The first-order valence-electron chi connectivity index (χ1n) is 20.2. The maximum atomic E-state index is 13.4. The van der Waals surface area contributed by atoms with Crippen molar-refractivity contribution in [2.45, 2.75) is 89.4 Å². The summed E-state index contributed by atoms with van der Waals surface area (Å²) in [5.74, 6) is -1.40. The van der Waals surface area contributed by atoms with E-state index in [0.29, 0.717) is 33.8 Å². The van der Waals surface area contributed by atoms with Crippen molar-refractivity contribution in [1.29, 1.82) is 0 Å². The van der Waals surface area contributed by atoms with Crippen molar-refractivity contribution < 1.29 is 38.3 Å². The van der Waals surface area contributed by atoms with Crippen LogP contribution < -0.4 is 26.0 Å². The number of aliphatic hydroxyl groups is 1. The predicted molar refractivity (Wildman–Crippen MR) is 232 cm³/mol. The van der Waals surface area contributed by atoms with E-state index in [-0.39, 0.29) is 42.9 Å². The number of methoxy groups -OCH3 is 2. The molecule has 1 aliphatic rings. The fraction of sp³-hybridized carbons (Fsp3) is 0.370. The molecule has 5 atom stereocenters. The highest BCUT2D eigenvalue weighted by atomic mass is 31.2. The molecule has 4 N–H and O–H groups in total. The van der Waals surface area contributed by atoms with Crippen molar-refractivity contribution in [2.24, 2.45) is 0 Å². The quantitative estimate of drug-likeness (QED) is 0.0437. The van der Waals surface area contributed by atoms with Crippen LogP contribution in [0.4, 0.5) is 0 Å². The fourth-order valence-electron chi connectivity index (χ4n) is 7.85. The Kier molecular flexibility index (Phi) is 14.6. The molecule has 61 heavy (non-hydrogen) atoms. The second-order valence-corrected chi connectivity index (χ2v) is 16.7. The van der Waals surface area contributed by atoms with Crippen molar-refractivity contribution in [3.63, 3.8) is 0 Å². The van der Waals surface area contributed by atoms with Crippen LogP contribution in [0.5, 0.6) is 11.5 Å². The van der Waals surface area contributed by atoms with Gasteiger partial charge < -0.3 is 34.3 Å². The van der Waals surface area contributed by atoms with Crippen LogP contribution in [-0.2, 0) is 19.6 Å². The number of nitrogens with one attached hydrogen (secondary N) is 2. The summed E-state index contributed by atoms with van der Waals surface area (Å²) >= 11 is 0. The number of hydrogen-bond donors (Lipinski definition) is 4. The molecule has 4 aromatic carbocycles. The summed E-state index contributed by atoms with van der Waals surface area (Å²) in [7, 11) is 0.699. The first kappa shape index (κ1) is 45.3. The Morgan fingerprint density at radius 2 is 1.41 bits per heavy atom. The fourth-order valence-corrected chi connectivity index (χ4v) is 9.19. The van der Waals surface area contributed by atoms with Crippen LogP contribution in [0.25, 0.3) is 0 Å². The molecule has 2 heterocycles. The third-order valence-corrected chi connectivity index (χ3v) is 12.6. The summed E-state index contributed by atoms with van der Waals surface area (Å²) in [6, 6.07) is 32.8. The minimum Gasteiger partial charge on any atom is -0.497 e. The highest BCUT2D eigenvalue weighted by Crippen LogP contribution is 2.52. The van der Waals surface area contributed by atoms with E-state index in [0.717, 1.165) is 0 Å². The Morgan fingerprint density at radius 3 is 1.93 bits per heavy atom. The van der Waals surface area contributed by atoms with Gasteiger partial charge in [-0.15, -0.1) is 0 Å². The van der Waals surface area contributed by atoms with Gasteiger partial charge in [-0.2, -0.15) is 0 Å². The first-order chi connectivity index (χ1) is 29.2. The number of benzene rings is 4. The van der Waals surface area contributed by atoms with Crippen LogP contribution in [0, 0.1) is 6.92 Å². The minimum atomic E-state index is -2.47. The Bertz CT molecular complexity index is 2270. The van der Waals surface area contributed by atoms with E-state index in [4.69, 9.17) is 23.5 Å². The number of aryl methyl sites for hydroxylation is 1. The van der Waals surface area contributed by atoms with E-state index in [9.17, 15) is 24.4 Å². The molecule has 0 radical (unpaired) electrons. The van der Waals surface area contributed by atoms with Gasteiger partial charge in [0, 0.05) is 36.0 Å². The molecule has 324 valence electrons. The van der Waals surface area contributed by atoms with Gasteiger partial charge in [-0.3, -0.25) is 23.7 Å². The lowest BCUT2D eigenvalue weighted by Crippen LogP contribution is -2.52. The van der Waals surface area contributed by atoms with E-state index in [1.165, 1.54) is 10.8 Å². The van der Waals surface area contributed by atoms with Gasteiger partial charge in [0.2, 0.25) is 5.79 Å². The summed E-state index contributed by atoms with van der Waals surface area (Å²) in [5, 5.41) is 16.0. The molecule has 1 aromatic heterocycles. The van der Waals surface area contributed by atoms with Gasteiger partial charge in [0.25, 0.3) is 20.0 Å². The molecular formula is C46H55N4O10P. The number of nitrogens with zero attached hydrogens (tertiary/aromatic N) is 2. The maximum absolute atomic E-state index is 13.4. The zero-order chi connectivity index (χ0) is 43.9. The topological polar surface area (TPSA) is 174 Å². The van der Waals surface area contributed by atoms with Gasteiger partial charge in [0.05, 0.1) is 26.7 Å². The molecule has 0 bridgehead atoms. The minimum absolute atomic E-state index is 0.0451. The third-order valence-electron chi connectivity index (χ3n) is 10.8. The molecule has 1 aliphatic heterocycles. The number of aromatic nitrogens is 2. The Labute approximate surface area is 357 Å². The molecule has 14 nitrogen and oxygen atoms in total. The number of hydrogen-bond acceptors (Lipinski definition) is 11. The van der Waals surface area contributed by atoms with E-state index >= 15 is 0 Å². The van der Waals surface area contributed by atoms with Gasteiger partial charge in [-0.1, -0.05) is 72.8 Å². The van der Waals surface area contributed by atoms with E-state index in [2.05, 4.69) is 10.3 Å². The molecule has 0 aliphatic carbocycles. The maximum Gasteiger partial charge on any atom is 0.330 e. The van der Waals surface area contributed by atoms with E-state index in [1.54, 1.807) is 50.1 Å². The first-order valence-corrected chi connectivity index (χ1v) is 21.4. The predicted octanol–water partition coefficient (Wildman–Crippen LogP) is 6.39. The van der Waals surface area contributed by atoms with Gasteiger partial charge in [0.15, 0.2) is 0 Å². The number of aromatic amines is 1. The second-order valence-electron chi connectivity index (χ2n) is 15.5. The van der Waals surface area contributed by atoms with Gasteiger partial charge in [0.1, 0.15) is 29.4 Å². The molecule has 1 amide bonds. The lowest BCUT2D eigenvalue weighted by Gasteiger charge is -2.43. The van der Waals surface area contributed by atoms with Crippen LogP contribution in [0.2, 0.25) is 0 Å². The second kappa shape index (κ2) is 19.7. The average Bonchev–Trinajstić information content (AvgIpc) is 3.59. The summed E-state index contributed by atoms with van der Waals surface area (Å²) in [6.45, 7) is 9.24. The van der Waals surface area contributed by atoms with Gasteiger partial charge in [-0.05, 0) is 94.1 Å². The molecule has 6 rings (SSSR count). The molecule has 0 saturated carbocycles. The van der Waals surface area contributed by atoms with Gasteiger partial charge in [-0.25, -0.2) is 9.46 Å². The van der Waals surface area contributed by atoms with Crippen molar-refractivity contribution in [2.75, 3.05) is 20.8 Å². The zero-order valence-corrected chi connectivity index (χ0v) is 36.4. The van der Waals surface area contributed by atoms with E-state index < -0.39 is 49.6 Å². The summed E-state index contributed by atoms with van der Waals surface area (Å²) in [6.07, 6.45) is -2.68. The Morgan fingerprint density at radius 1 is 0.885 bits per heavy atom. The molecular weight excluding hydrogens is 799 g/mol. The lowest BCUT2D eigenvalue weighted by molar-refractivity contribution is -0.226. The lowest BCUT2D eigenvalue weighted by atomic mass is 9.79. The molecule has 1 saturated heterocycles. The standard InChI is InChI=1S/C46H55N4O10P/c1-30(2)50(31(3)4)61(55)60-45(54)28-40(49-29-32(5)42(51)48-44(49)53)58-41(45)39(26-27-47-43(52)33-14-10-8-11-15-33)59-46(34-16-12-9-13-17-34,35-18-22-37(56-6)23-19-35)36-20-24-38(57-7)25-21-36/h8-25,29-31,39-41,54-55H,26-28H2,1-7H3,(H,47,52)(H,48,51,53)/t39?,40-,41-,45+,61?/m1/s1. The number of carbonyl (C=O) groups is 1. The molecule has 1 fully saturated rings. The number of carbonyl (C=O) groups excluding carboxylic acids is 1. The smallest absolute Gasteiger partial charge is 0.330 e. The highest BCUT2D eigenvalue weighted by Gasteiger charge is 2.57. The summed E-state index contributed by atoms with van der Waals surface area (Å²) in [5.41, 5.74) is 0.0158. The molecule has 0 spiro atoms. The van der Waals surface area contributed by atoms with Crippen LogP contribution in [0.15, 0.2) is 125 Å². The van der Waals surface area contributed by atoms with Crippen molar-refractivity contribution >= 4 is 14.4 Å². The van der Waals surface area contributed by atoms with Crippen LogP contribution in [0.1, 0.15) is 79.4 Å². The number of rotatable bonds is 18. The highest BCUT2D eigenvalue weighted by molar-refractivity contribution is 7.43. The summed E-state index contributed by atoms with van der Waals surface area (Å²) < 4.78 is 34.8. The average molecular weight is 855 g/mol. The van der Waals surface area contributed by atoms with Crippen molar-refractivity contribution in [1.82, 2.24) is 19.5 Å². The molecule has 15 heteroatoms. The van der Waals surface area contributed by atoms with E-state index in [1.807, 2.05) is 113 Å². The monoisotopic (exact) mass is 854 g/mol. The molecule has 2 unspecified atom stereocenters. The zero-order valence-electron chi connectivity index (χ0n) is 35.5. The summed E-state index contributed by atoms with van der Waals surface area (Å²) in [4.78, 5) is 53.5. The van der Waals surface area contributed by atoms with Gasteiger partial charge >= 0.3 is 5.69 Å². The third kappa shape index (κ3) is 9.98. The number of H-pyrrole nitrogens is 1. The molecule has 5 aromatic rings. The number of amides is 1. The number of ether oxygens (including phenoxy) is 4. The Balaban J connectivity index is 1.55. The van der Waals surface area contributed by atoms with Crippen LogP contribution >= 0.6 is 8.53 Å². The normalized spacial score (nSPS) is 19.0. The van der Waals surface area contributed by atoms with Crippen molar-refractivity contribution in [3.8, 4) is 11.5 Å². The SMILES string of the molecule is COc1ccc(C(OC(CCNC(=O)c2ccccc2)[C@H]2O[C@@H](n3cc(C)c(=O)[nH]c3=O)C[C@]2(O)OP(O)N(C(C)C)C(C)C)(c2ccccc2)c2ccc(OC)cc2)cc1. The largest absolute Gasteiger partial charge is 0.497 e. The van der Waals surface area contributed by atoms with Crippen molar-refractivity contribution in [3.05, 3.63) is 164 Å². The van der Waals surface area contributed by atoms with Crippen LogP contribution in [0.3, 0.4) is 0 Å². The Hall–Kier alpha value is -5.18.